The number of nitrogens with zero attached hydrogens (tertiary/aromatic N) is 2. The molecule has 0 bridgehead atoms. The second-order valence-electron chi connectivity index (χ2n) is 4.46. The first kappa shape index (κ1) is 13.3. The van der Waals surface area contributed by atoms with Crippen LogP contribution in [0.5, 0.6) is 0 Å². The molecule has 0 amide bonds. The highest BCUT2D eigenvalue weighted by Crippen LogP contribution is 2.37. The highest BCUT2D eigenvalue weighted by atomic mass is 35.5. The molecule has 94 valence electrons. The molecule has 2 heterocycles. The first-order valence-corrected chi connectivity index (χ1v) is 6.97. The number of halogens is 3. The first-order valence-electron chi connectivity index (χ1n) is 5.84. The van der Waals surface area contributed by atoms with Crippen molar-refractivity contribution < 1.29 is 0 Å². The third-order valence-electron chi connectivity index (χ3n) is 3.37. The van der Waals surface area contributed by atoms with Gasteiger partial charge in [0.2, 0.25) is 0 Å². The maximum atomic E-state index is 6.22. The SMILES string of the molecule is CCC1CCC(C)N1c1nc(Cl)c(Cl)cc1Cl. The normalized spacial score (nSPS) is 24.4. The van der Waals surface area contributed by atoms with Crippen LogP contribution in [0.2, 0.25) is 15.2 Å². The largest absolute Gasteiger partial charge is 0.350 e. The topological polar surface area (TPSA) is 16.1 Å². The van der Waals surface area contributed by atoms with Crippen LogP contribution in [-0.4, -0.2) is 17.1 Å². The molecule has 2 nitrogen and oxygen atoms in total. The predicted octanol–water partition coefficient (Wildman–Crippen LogP) is 4.81. The molecule has 0 saturated carbocycles. The quantitative estimate of drug-likeness (QED) is 0.728. The lowest BCUT2D eigenvalue weighted by molar-refractivity contribution is 0.621. The summed E-state index contributed by atoms with van der Waals surface area (Å²) in [6, 6.07) is 2.61. The Morgan fingerprint density at radius 2 is 2.00 bits per heavy atom. The lowest BCUT2D eigenvalue weighted by Gasteiger charge is -2.30. The summed E-state index contributed by atoms with van der Waals surface area (Å²) in [7, 11) is 0. The molecule has 2 unspecified atom stereocenters. The number of hydrogen-bond donors (Lipinski definition) is 0. The van der Waals surface area contributed by atoms with Gasteiger partial charge >= 0.3 is 0 Å². The Kier molecular flexibility index (Phi) is 4.06. The zero-order valence-corrected chi connectivity index (χ0v) is 12.1. The summed E-state index contributed by atoms with van der Waals surface area (Å²) in [4.78, 5) is 6.60. The fraction of sp³-hybridized carbons (Fsp3) is 0.583. The summed E-state index contributed by atoms with van der Waals surface area (Å²) in [5.74, 6) is 0.762. The standard InChI is InChI=1S/C12H15Cl3N2/c1-3-8-5-4-7(2)17(8)12-10(14)6-9(13)11(15)16-12/h6-8H,3-5H2,1-2H3. The Balaban J connectivity index is 2.42. The Labute approximate surface area is 117 Å². The summed E-state index contributed by atoms with van der Waals surface area (Å²) in [5, 5.41) is 1.30. The molecule has 0 spiro atoms. The molecule has 17 heavy (non-hydrogen) atoms. The third-order valence-corrected chi connectivity index (χ3v) is 4.32. The lowest BCUT2D eigenvalue weighted by Crippen LogP contribution is -2.35. The second kappa shape index (κ2) is 5.21. The van der Waals surface area contributed by atoms with Gasteiger partial charge in [0, 0.05) is 12.1 Å². The Hall–Kier alpha value is -0.180. The van der Waals surface area contributed by atoms with Crippen LogP contribution in [0, 0.1) is 0 Å². The Morgan fingerprint density at radius 1 is 1.29 bits per heavy atom. The summed E-state index contributed by atoms with van der Waals surface area (Å²) in [6.45, 7) is 4.37. The van der Waals surface area contributed by atoms with Crippen LogP contribution in [0.15, 0.2) is 6.07 Å². The van der Waals surface area contributed by atoms with Crippen LogP contribution in [0.25, 0.3) is 0 Å². The molecule has 1 saturated heterocycles. The van der Waals surface area contributed by atoms with E-state index in [1.807, 2.05) is 0 Å². The fourth-order valence-electron chi connectivity index (χ4n) is 2.47. The molecule has 0 aromatic carbocycles. The third kappa shape index (κ3) is 2.49. The molecule has 0 aliphatic carbocycles. The number of pyridine rings is 1. The van der Waals surface area contributed by atoms with Gasteiger partial charge in [0.1, 0.15) is 11.0 Å². The van der Waals surface area contributed by atoms with Gasteiger partial charge in [-0.2, -0.15) is 0 Å². The zero-order chi connectivity index (χ0) is 12.6. The monoisotopic (exact) mass is 292 g/mol. The van der Waals surface area contributed by atoms with E-state index in [1.165, 1.54) is 6.42 Å². The van der Waals surface area contributed by atoms with Crippen molar-refractivity contribution in [3.05, 3.63) is 21.3 Å². The maximum Gasteiger partial charge on any atom is 0.150 e. The van der Waals surface area contributed by atoms with Gasteiger partial charge in [-0.1, -0.05) is 41.7 Å². The molecule has 5 heteroatoms. The van der Waals surface area contributed by atoms with Crippen molar-refractivity contribution in [2.75, 3.05) is 4.90 Å². The van der Waals surface area contributed by atoms with E-state index in [0.29, 0.717) is 27.3 Å². The van der Waals surface area contributed by atoms with E-state index in [-0.39, 0.29) is 0 Å². The van der Waals surface area contributed by atoms with Crippen molar-refractivity contribution in [2.24, 2.45) is 0 Å². The van der Waals surface area contributed by atoms with E-state index in [0.717, 1.165) is 18.7 Å². The van der Waals surface area contributed by atoms with E-state index >= 15 is 0 Å². The molecule has 0 radical (unpaired) electrons. The van der Waals surface area contributed by atoms with E-state index in [1.54, 1.807) is 6.07 Å². The van der Waals surface area contributed by atoms with E-state index in [2.05, 4.69) is 23.7 Å². The van der Waals surface area contributed by atoms with Crippen molar-refractivity contribution in [1.29, 1.82) is 0 Å². The molecule has 1 aromatic rings. The van der Waals surface area contributed by atoms with Crippen molar-refractivity contribution in [3.8, 4) is 0 Å². The smallest absolute Gasteiger partial charge is 0.150 e. The lowest BCUT2D eigenvalue weighted by atomic mass is 10.1. The summed E-state index contributed by atoms with van der Waals surface area (Å²) in [5.41, 5.74) is 0. The Bertz CT molecular complexity index is 422. The van der Waals surface area contributed by atoms with Crippen molar-refractivity contribution in [3.63, 3.8) is 0 Å². The van der Waals surface area contributed by atoms with Crippen LogP contribution in [-0.2, 0) is 0 Å². The van der Waals surface area contributed by atoms with Crippen LogP contribution >= 0.6 is 34.8 Å². The molecular formula is C12H15Cl3N2. The minimum atomic E-state index is 0.319. The van der Waals surface area contributed by atoms with Crippen LogP contribution < -0.4 is 4.90 Å². The molecule has 1 fully saturated rings. The molecule has 1 aliphatic rings. The number of anilines is 1. The van der Waals surface area contributed by atoms with Crippen molar-refractivity contribution in [2.45, 2.75) is 45.2 Å². The van der Waals surface area contributed by atoms with Crippen LogP contribution in [0.3, 0.4) is 0 Å². The highest BCUT2D eigenvalue weighted by molar-refractivity contribution is 6.42. The summed E-state index contributed by atoms with van der Waals surface area (Å²) >= 11 is 18.1. The average Bonchev–Trinajstić information content (AvgIpc) is 2.65. The number of rotatable bonds is 2. The second-order valence-corrected chi connectivity index (χ2v) is 5.63. The Morgan fingerprint density at radius 3 is 2.65 bits per heavy atom. The average molecular weight is 294 g/mol. The van der Waals surface area contributed by atoms with Gasteiger partial charge in [0.05, 0.1) is 10.0 Å². The minimum absolute atomic E-state index is 0.319. The molecule has 0 N–H and O–H groups in total. The number of aromatic nitrogens is 1. The molecule has 1 aromatic heterocycles. The van der Waals surface area contributed by atoms with Crippen LogP contribution in [0.1, 0.15) is 33.1 Å². The van der Waals surface area contributed by atoms with Gasteiger partial charge in [-0.15, -0.1) is 0 Å². The highest BCUT2D eigenvalue weighted by Gasteiger charge is 2.32. The van der Waals surface area contributed by atoms with Gasteiger partial charge in [-0.25, -0.2) is 4.98 Å². The van der Waals surface area contributed by atoms with Gasteiger partial charge in [-0.05, 0) is 32.3 Å². The van der Waals surface area contributed by atoms with Crippen molar-refractivity contribution in [1.82, 2.24) is 4.98 Å². The minimum Gasteiger partial charge on any atom is -0.350 e. The van der Waals surface area contributed by atoms with E-state index in [4.69, 9.17) is 34.8 Å². The first-order chi connectivity index (χ1) is 8.04. The van der Waals surface area contributed by atoms with Gasteiger partial charge in [0.15, 0.2) is 0 Å². The zero-order valence-electron chi connectivity index (χ0n) is 9.88. The van der Waals surface area contributed by atoms with E-state index < -0.39 is 0 Å². The summed E-state index contributed by atoms with van der Waals surface area (Å²) in [6.07, 6.45) is 3.43. The predicted molar refractivity (Wildman–Crippen MR) is 74.5 cm³/mol. The molecule has 2 rings (SSSR count). The fourth-order valence-corrected chi connectivity index (χ4v) is 3.06. The molecule has 2 atom stereocenters. The number of hydrogen-bond acceptors (Lipinski definition) is 2. The van der Waals surface area contributed by atoms with E-state index in [9.17, 15) is 0 Å². The molecular weight excluding hydrogens is 279 g/mol. The van der Waals surface area contributed by atoms with Crippen LogP contribution in [0.4, 0.5) is 5.82 Å². The van der Waals surface area contributed by atoms with Gasteiger partial charge in [-0.3, -0.25) is 0 Å². The van der Waals surface area contributed by atoms with Crippen molar-refractivity contribution >= 4 is 40.6 Å². The van der Waals surface area contributed by atoms with Gasteiger partial charge < -0.3 is 4.90 Å². The maximum absolute atomic E-state index is 6.22. The van der Waals surface area contributed by atoms with Gasteiger partial charge in [0.25, 0.3) is 0 Å². The molecule has 1 aliphatic heterocycles. The summed E-state index contributed by atoms with van der Waals surface area (Å²) < 4.78 is 0.